The number of unbranched alkanes of at least 4 members (excludes halogenated alkanes) is 1. The minimum atomic E-state index is 0.434. The number of ether oxygens (including phenoxy) is 1. The van der Waals surface area contributed by atoms with Crippen LogP contribution in [0.2, 0.25) is 0 Å². The molecule has 4 rings (SSSR count). The van der Waals surface area contributed by atoms with Crippen LogP contribution in [0.1, 0.15) is 50.7 Å². The molecule has 4 aromatic rings. The Kier molecular flexibility index (Phi) is 9.12. The molecule has 182 valence electrons. The number of fused-ring (bicyclic) bond motifs is 1. The third kappa shape index (κ3) is 6.02. The van der Waals surface area contributed by atoms with Gasteiger partial charge in [0.25, 0.3) is 0 Å². The van der Waals surface area contributed by atoms with Crippen molar-refractivity contribution in [2.45, 2.75) is 51.3 Å². The van der Waals surface area contributed by atoms with E-state index in [0.29, 0.717) is 17.7 Å². The Morgan fingerprint density at radius 1 is 0.800 bits per heavy atom. The summed E-state index contributed by atoms with van der Waals surface area (Å²) < 4.78 is 6.56. The summed E-state index contributed by atoms with van der Waals surface area (Å²) >= 11 is 12.7. The lowest BCUT2D eigenvalue weighted by molar-refractivity contribution is 0.234. The molecule has 0 N–H and O–H groups in total. The fraction of sp³-hybridized carbons (Fsp3) is 0.312. The molecule has 0 aliphatic rings. The molecular weight excluding hydrogens is 471 g/mol. The van der Waals surface area contributed by atoms with Gasteiger partial charge < -0.3 is 4.74 Å². The fourth-order valence-electron chi connectivity index (χ4n) is 4.68. The van der Waals surface area contributed by atoms with Crippen LogP contribution in [0.25, 0.3) is 33.0 Å². The molecular formula is C32H34Cl2O. The summed E-state index contributed by atoms with van der Waals surface area (Å²) in [5.41, 5.74) is 6.79. The van der Waals surface area contributed by atoms with Gasteiger partial charge >= 0.3 is 0 Å². The second-order valence-electron chi connectivity index (χ2n) is 9.23. The molecule has 0 saturated carbocycles. The van der Waals surface area contributed by atoms with Crippen LogP contribution >= 0.6 is 23.2 Å². The van der Waals surface area contributed by atoms with Crippen molar-refractivity contribution in [1.29, 1.82) is 0 Å². The molecule has 0 saturated heterocycles. The summed E-state index contributed by atoms with van der Waals surface area (Å²) in [6, 6.07) is 27.8. The molecule has 0 radical (unpaired) electrons. The van der Waals surface area contributed by atoms with Gasteiger partial charge in [0, 0.05) is 17.3 Å². The van der Waals surface area contributed by atoms with E-state index < -0.39 is 0 Å². The lowest BCUT2D eigenvalue weighted by Gasteiger charge is -2.21. The molecule has 1 atom stereocenters. The van der Waals surface area contributed by atoms with Gasteiger partial charge in [0.2, 0.25) is 0 Å². The first-order chi connectivity index (χ1) is 17.2. The van der Waals surface area contributed by atoms with E-state index >= 15 is 0 Å². The third-order valence-electron chi connectivity index (χ3n) is 6.85. The monoisotopic (exact) mass is 504 g/mol. The average Bonchev–Trinajstić information content (AvgIpc) is 2.92. The first kappa shape index (κ1) is 25.6. The van der Waals surface area contributed by atoms with Crippen molar-refractivity contribution in [3.8, 4) is 28.0 Å². The molecule has 0 fully saturated rings. The van der Waals surface area contributed by atoms with Crippen LogP contribution in [0, 0.1) is 5.92 Å². The van der Waals surface area contributed by atoms with E-state index in [-0.39, 0.29) is 0 Å². The van der Waals surface area contributed by atoms with E-state index in [2.05, 4.69) is 86.6 Å². The molecule has 0 aromatic heterocycles. The quantitative estimate of drug-likeness (QED) is 0.184. The fourth-order valence-corrected chi connectivity index (χ4v) is 5.08. The van der Waals surface area contributed by atoms with Gasteiger partial charge in [0.1, 0.15) is 5.75 Å². The summed E-state index contributed by atoms with van der Waals surface area (Å²) in [5.74, 6) is 2.37. The first-order valence-corrected chi connectivity index (χ1v) is 13.7. The minimum Gasteiger partial charge on any atom is -0.493 e. The lowest BCUT2D eigenvalue weighted by atomic mass is 9.91. The highest BCUT2D eigenvalue weighted by Gasteiger charge is 2.17. The van der Waals surface area contributed by atoms with Gasteiger partial charge in [-0.15, -0.1) is 23.2 Å². The number of hydrogen-bond acceptors (Lipinski definition) is 1. The van der Waals surface area contributed by atoms with Crippen LogP contribution in [0.3, 0.4) is 0 Å². The number of benzene rings is 4. The maximum absolute atomic E-state index is 6.56. The molecule has 4 aromatic carbocycles. The molecule has 0 bridgehead atoms. The smallest absolute Gasteiger partial charge is 0.127 e. The zero-order valence-electron chi connectivity index (χ0n) is 20.7. The highest BCUT2D eigenvalue weighted by molar-refractivity contribution is 6.18. The van der Waals surface area contributed by atoms with E-state index in [1.54, 1.807) is 0 Å². The highest BCUT2D eigenvalue weighted by atomic mass is 35.5. The number of hydrogen-bond donors (Lipinski definition) is 0. The Morgan fingerprint density at radius 3 is 2.34 bits per heavy atom. The Hall–Kier alpha value is -2.48. The highest BCUT2D eigenvalue weighted by Crippen LogP contribution is 2.41. The van der Waals surface area contributed by atoms with Crippen LogP contribution in [0.15, 0.2) is 78.9 Å². The Labute approximate surface area is 220 Å². The summed E-state index contributed by atoms with van der Waals surface area (Å²) in [5, 5.41) is 2.35. The van der Waals surface area contributed by atoms with Crippen LogP contribution in [0.4, 0.5) is 0 Å². The Balaban J connectivity index is 1.84. The summed E-state index contributed by atoms with van der Waals surface area (Å²) in [6.45, 7) is 5.23. The molecule has 1 nitrogen and oxygen atoms in total. The molecule has 0 amide bonds. The van der Waals surface area contributed by atoms with Gasteiger partial charge in [0.15, 0.2) is 0 Å². The van der Waals surface area contributed by atoms with Gasteiger partial charge in [-0.1, -0.05) is 93.8 Å². The zero-order valence-corrected chi connectivity index (χ0v) is 22.2. The summed E-state index contributed by atoms with van der Waals surface area (Å²) in [7, 11) is 0. The van der Waals surface area contributed by atoms with Crippen LogP contribution < -0.4 is 4.74 Å². The molecule has 35 heavy (non-hydrogen) atoms. The molecule has 1 unspecified atom stereocenters. The third-order valence-corrected chi connectivity index (χ3v) is 7.44. The predicted molar refractivity (Wildman–Crippen MR) is 153 cm³/mol. The van der Waals surface area contributed by atoms with Crippen molar-refractivity contribution in [2.75, 3.05) is 6.61 Å². The normalized spacial score (nSPS) is 12.1. The first-order valence-electron chi connectivity index (χ1n) is 12.7. The van der Waals surface area contributed by atoms with Gasteiger partial charge in [-0.3, -0.25) is 0 Å². The molecule has 3 heteroatoms. The lowest BCUT2D eigenvalue weighted by Crippen LogP contribution is -2.12. The Bertz CT molecular complexity index is 1250. The minimum absolute atomic E-state index is 0.434. The van der Waals surface area contributed by atoms with E-state index in [0.717, 1.165) is 41.0 Å². The van der Waals surface area contributed by atoms with Crippen molar-refractivity contribution in [3.05, 3.63) is 90.0 Å². The number of rotatable bonds is 11. The van der Waals surface area contributed by atoms with Gasteiger partial charge in [-0.05, 0) is 69.1 Å². The number of alkyl halides is 2. The van der Waals surface area contributed by atoms with Crippen molar-refractivity contribution >= 4 is 34.0 Å². The largest absolute Gasteiger partial charge is 0.493 e. The molecule has 0 heterocycles. The maximum Gasteiger partial charge on any atom is 0.127 e. The summed E-state index contributed by atoms with van der Waals surface area (Å²) in [6.07, 6.45) is 4.78. The van der Waals surface area contributed by atoms with Crippen LogP contribution in [0.5, 0.6) is 5.75 Å². The van der Waals surface area contributed by atoms with E-state index in [9.17, 15) is 0 Å². The van der Waals surface area contributed by atoms with Crippen molar-refractivity contribution in [2.24, 2.45) is 5.92 Å². The van der Waals surface area contributed by atoms with Gasteiger partial charge in [-0.25, -0.2) is 0 Å². The number of halogens is 2. The van der Waals surface area contributed by atoms with E-state index in [4.69, 9.17) is 27.9 Å². The van der Waals surface area contributed by atoms with E-state index in [1.165, 1.54) is 41.2 Å². The standard InChI is InChI=1S/C32H34Cl2O/c1-3-5-9-23(4-2)22-35-31-17-15-27-19-26(25-10-7-6-8-11-25)14-16-29(27)32(31)30-18-24(20-33)12-13-28(30)21-34/h6-8,10-19,23H,3-5,9,20-22H2,1-2H3. The zero-order chi connectivity index (χ0) is 24.6. The van der Waals surface area contributed by atoms with Crippen LogP contribution in [-0.4, -0.2) is 6.61 Å². The van der Waals surface area contributed by atoms with Gasteiger partial charge in [-0.2, -0.15) is 0 Å². The summed E-state index contributed by atoms with van der Waals surface area (Å²) in [4.78, 5) is 0. The van der Waals surface area contributed by atoms with Crippen molar-refractivity contribution < 1.29 is 4.74 Å². The maximum atomic E-state index is 6.56. The van der Waals surface area contributed by atoms with Crippen molar-refractivity contribution in [1.82, 2.24) is 0 Å². The topological polar surface area (TPSA) is 9.23 Å². The average molecular weight is 506 g/mol. The van der Waals surface area contributed by atoms with Crippen molar-refractivity contribution in [3.63, 3.8) is 0 Å². The van der Waals surface area contributed by atoms with Crippen LogP contribution in [-0.2, 0) is 11.8 Å². The molecule has 0 aliphatic heterocycles. The predicted octanol–water partition coefficient (Wildman–Crippen LogP) is 10.2. The van der Waals surface area contributed by atoms with E-state index in [1.807, 2.05) is 6.07 Å². The SMILES string of the molecule is CCCCC(CC)COc1ccc2cc(-c3ccccc3)ccc2c1-c1cc(CCl)ccc1CCl. The second kappa shape index (κ2) is 12.5. The Morgan fingerprint density at radius 2 is 1.63 bits per heavy atom. The molecule has 0 spiro atoms. The second-order valence-corrected chi connectivity index (χ2v) is 9.76. The molecule has 0 aliphatic carbocycles. The van der Waals surface area contributed by atoms with Gasteiger partial charge in [0.05, 0.1) is 6.61 Å².